The Morgan fingerprint density at radius 3 is 2.68 bits per heavy atom. The molecule has 0 radical (unpaired) electrons. The second kappa shape index (κ2) is 4.96. The van der Waals surface area contributed by atoms with Crippen molar-refractivity contribution < 1.29 is 4.79 Å². The van der Waals surface area contributed by atoms with Crippen LogP contribution in [0.3, 0.4) is 0 Å². The maximum atomic E-state index is 11.9. The first-order chi connectivity index (χ1) is 8.81. The number of thiazole rings is 1. The van der Waals surface area contributed by atoms with Gasteiger partial charge in [-0.1, -0.05) is 43.7 Å². The number of nitrogens with two attached hydrogens (primary N) is 1. The zero-order valence-corrected chi connectivity index (χ0v) is 12.4. The highest BCUT2D eigenvalue weighted by Gasteiger charge is 2.21. The van der Waals surface area contributed by atoms with Crippen molar-refractivity contribution in [3.8, 4) is 0 Å². The number of nitrogens with zero attached hydrogens (tertiary/aromatic N) is 1. The second-order valence-electron chi connectivity index (χ2n) is 5.17. The van der Waals surface area contributed by atoms with E-state index in [0.717, 1.165) is 4.70 Å². The minimum Gasteiger partial charge on any atom is -0.326 e. The van der Waals surface area contributed by atoms with E-state index in [1.165, 1.54) is 11.3 Å². The third kappa shape index (κ3) is 2.97. The summed E-state index contributed by atoms with van der Waals surface area (Å²) in [5.41, 5.74) is 3.36. The van der Waals surface area contributed by atoms with E-state index in [4.69, 9.17) is 17.4 Å². The van der Waals surface area contributed by atoms with Gasteiger partial charge in [-0.2, -0.15) is 0 Å². The first-order valence-corrected chi connectivity index (χ1v) is 6.89. The van der Waals surface area contributed by atoms with Crippen molar-refractivity contribution in [1.29, 1.82) is 0 Å². The average molecular weight is 299 g/mol. The monoisotopic (exact) mass is 298 g/mol. The number of amides is 1. The van der Waals surface area contributed by atoms with Gasteiger partial charge >= 0.3 is 0 Å². The van der Waals surface area contributed by atoms with Crippen LogP contribution in [-0.4, -0.2) is 10.9 Å². The average Bonchev–Trinajstić information content (AvgIpc) is 2.71. The van der Waals surface area contributed by atoms with Gasteiger partial charge in [0.2, 0.25) is 5.91 Å². The van der Waals surface area contributed by atoms with Crippen molar-refractivity contribution in [1.82, 2.24) is 4.98 Å². The first kappa shape index (κ1) is 14.0. The van der Waals surface area contributed by atoms with Crippen LogP contribution in [0.2, 0.25) is 5.02 Å². The lowest BCUT2D eigenvalue weighted by atomic mass is 9.95. The van der Waals surface area contributed by atoms with Crippen LogP contribution in [0.25, 0.3) is 10.2 Å². The third-order valence-electron chi connectivity index (χ3n) is 2.51. The highest BCUT2D eigenvalue weighted by atomic mass is 35.5. The first-order valence-electron chi connectivity index (χ1n) is 5.69. The number of hydrogen-bond donors (Lipinski definition) is 3. The topological polar surface area (TPSA) is 80.0 Å². The molecule has 0 atom stereocenters. The summed E-state index contributed by atoms with van der Waals surface area (Å²) in [5, 5.41) is 3.91. The van der Waals surface area contributed by atoms with E-state index in [1.54, 1.807) is 6.07 Å². The standard InChI is InChI=1S/C12H15ClN4OS/c1-12(2,3)10(18)15-6-4-7(13)9-8(5-6)19-11(16-9)17-14/h4-5H,14H2,1-3H3,(H,15,18)(H,16,17). The van der Waals surface area contributed by atoms with Gasteiger partial charge in [-0.05, 0) is 12.1 Å². The number of anilines is 2. The highest BCUT2D eigenvalue weighted by Crippen LogP contribution is 2.34. The lowest BCUT2D eigenvalue weighted by molar-refractivity contribution is -0.123. The van der Waals surface area contributed by atoms with Crippen molar-refractivity contribution in [2.75, 3.05) is 10.7 Å². The van der Waals surface area contributed by atoms with Gasteiger partial charge in [-0.3, -0.25) is 10.2 Å². The van der Waals surface area contributed by atoms with E-state index in [1.807, 2.05) is 26.8 Å². The fourth-order valence-corrected chi connectivity index (χ4v) is 2.60. The number of halogens is 1. The number of hydrazine groups is 1. The van der Waals surface area contributed by atoms with E-state index >= 15 is 0 Å². The largest absolute Gasteiger partial charge is 0.326 e. The molecule has 2 rings (SSSR count). The van der Waals surface area contributed by atoms with Crippen LogP contribution < -0.4 is 16.6 Å². The molecule has 1 aromatic heterocycles. The van der Waals surface area contributed by atoms with Crippen molar-refractivity contribution in [3.05, 3.63) is 17.2 Å². The van der Waals surface area contributed by atoms with Crippen molar-refractivity contribution in [2.24, 2.45) is 11.3 Å². The van der Waals surface area contributed by atoms with E-state index in [-0.39, 0.29) is 5.91 Å². The second-order valence-corrected chi connectivity index (χ2v) is 6.61. The van der Waals surface area contributed by atoms with Gasteiger partial charge in [-0.15, -0.1) is 0 Å². The Morgan fingerprint density at radius 2 is 2.11 bits per heavy atom. The van der Waals surface area contributed by atoms with Crippen LogP contribution in [0.4, 0.5) is 10.8 Å². The number of aromatic nitrogens is 1. The Morgan fingerprint density at radius 1 is 1.42 bits per heavy atom. The summed E-state index contributed by atoms with van der Waals surface area (Å²) in [6.45, 7) is 5.56. The van der Waals surface area contributed by atoms with Crippen LogP contribution >= 0.6 is 22.9 Å². The van der Waals surface area contributed by atoms with Crippen LogP contribution in [-0.2, 0) is 4.79 Å². The molecule has 7 heteroatoms. The summed E-state index contributed by atoms with van der Waals surface area (Å²) in [6.07, 6.45) is 0. The summed E-state index contributed by atoms with van der Waals surface area (Å²) < 4.78 is 0.865. The summed E-state index contributed by atoms with van der Waals surface area (Å²) in [4.78, 5) is 16.2. The van der Waals surface area contributed by atoms with Crippen LogP contribution in [0.1, 0.15) is 20.8 Å². The van der Waals surface area contributed by atoms with Crippen molar-refractivity contribution >= 4 is 49.9 Å². The summed E-state index contributed by atoms with van der Waals surface area (Å²) in [6, 6.07) is 3.52. The molecule has 19 heavy (non-hydrogen) atoms. The Hall–Kier alpha value is -1.37. The van der Waals surface area contributed by atoms with E-state index in [2.05, 4.69) is 15.7 Å². The van der Waals surface area contributed by atoms with Crippen LogP contribution in [0.15, 0.2) is 12.1 Å². The van der Waals surface area contributed by atoms with Gasteiger partial charge in [0.25, 0.3) is 0 Å². The number of carbonyl (C=O) groups excluding carboxylic acids is 1. The Kier molecular flexibility index (Phi) is 3.66. The molecule has 0 fully saturated rings. The van der Waals surface area contributed by atoms with Crippen molar-refractivity contribution in [3.63, 3.8) is 0 Å². The number of benzene rings is 1. The molecule has 1 amide bonds. The highest BCUT2D eigenvalue weighted by molar-refractivity contribution is 7.22. The zero-order chi connectivity index (χ0) is 14.2. The molecule has 0 bridgehead atoms. The SMILES string of the molecule is CC(C)(C)C(=O)Nc1cc(Cl)c2nc(NN)sc2c1. The minimum atomic E-state index is -0.459. The lowest BCUT2D eigenvalue weighted by Crippen LogP contribution is -2.27. The summed E-state index contributed by atoms with van der Waals surface area (Å²) in [7, 11) is 0. The minimum absolute atomic E-state index is 0.0652. The zero-order valence-electron chi connectivity index (χ0n) is 10.9. The Bertz CT molecular complexity index is 632. The fourth-order valence-electron chi connectivity index (χ4n) is 1.44. The maximum absolute atomic E-state index is 11.9. The lowest BCUT2D eigenvalue weighted by Gasteiger charge is -2.17. The Balaban J connectivity index is 2.38. The Labute approximate surface area is 120 Å². The predicted molar refractivity (Wildman–Crippen MR) is 80.5 cm³/mol. The maximum Gasteiger partial charge on any atom is 0.229 e. The summed E-state index contributed by atoms with van der Waals surface area (Å²) >= 11 is 7.53. The molecule has 102 valence electrons. The van der Waals surface area contributed by atoms with E-state index in [0.29, 0.717) is 21.4 Å². The van der Waals surface area contributed by atoms with Crippen LogP contribution in [0, 0.1) is 5.41 Å². The normalized spacial score (nSPS) is 11.6. The molecule has 1 aromatic carbocycles. The number of hydrogen-bond acceptors (Lipinski definition) is 5. The van der Waals surface area contributed by atoms with E-state index in [9.17, 15) is 4.79 Å². The smallest absolute Gasteiger partial charge is 0.229 e. The molecule has 0 saturated carbocycles. The van der Waals surface area contributed by atoms with E-state index < -0.39 is 5.41 Å². The molecular weight excluding hydrogens is 284 g/mol. The number of fused-ring (bicyclic) bond motifs is 1. The number of rotatable bonds is 2. The molecule has 0 aliphatic carbocycles. The molecule has 0 aliphatic heterocycles. The predicted octanol–water partition coefficient (Wildman–Crippen LogP) is 3.22. The van der Waals surface area contributed by atoms with Gasteiger partial charge in [0.05, 0.1) is 9.72 Å². The number of nitrogen functional groups attached to an aromatic ring is 1. The molecule has 1 heterocycles. The molecule has 0 unspecified atom stereocenters. The number of carbonyl (C=O) groups is 1. The fraction of sp³-hybridized carbons (Fsp3) is 0.333. The van der Waals surface area contributed by atoms with Gasteiger partial charge in [-0.25, -0.2) is 10.8 Å². The van der Waals surface area contributed by atoms with Crippen LogP contribution in [0.5, 0.6) is 0 Å². The van der Waals surface area contributed by atoms with Gasteiger partial charge in [0.15, 0.2) is 5.13 Å². The molecule has 5 nitrogen and oxygen atoms in total. The molecule has 0 aliphatic rings. The number of nitrogens with one attached hydrogen (secondary N) is 2. The third-order valence-corrected chi connectivity index (χ3v) is 3.73. The van der Waals surface area contributed by atoms with Gasteiger partial charge < -0.3 is 5.32 Å². The summed E-state index contributed by atoms with van der Waals surface area (Å²) in [5.74, 6) is 5.26. The molecule has 2 aromatic rings. The quantitative estimate of drug-likeness (QED) is 0.587. The molecule has 4 N–H and O–H groups in total. The molecule has 0 saturated heterocycles. The van der Waals surface area contributed by atoms with Crippen molar-refractivity contribution in [2.45, 2.75) is 20.8 Å². The molecular formula is C12H15ClN4OS. The van der Waals surface area contributed by atoms with Gasteiger partial charge in [0.1, 0.15) is 5.52 Å². The molecule has 0 spiro atoms. The van der Waals surface area contributed by atoms with Gasteiger partial charge in [0, 0.05) is 11.1 Å².